The molecular formula is C19H28FIN4O2. The minimum absolute atomic E-state index is 0. The van der Waals surface area contributed by atoms with Crippen LogP contribution in [0.25, 0.3) is 10.9 Å². The smallest absolute Gasteiger partial charge is 0.191 e. The molecule has 1 fully saturated rings. The van der Waals surface area contributed by atoms with Crippen molar-refractivity contribution in [3.8, 4) is 0 Å². The van der Waals surface area contributed by atoms with E-state index in [4.69, 9.17) is 9.47 Å². The van der Waals surface area contributed by atoms with Gasteiger partial charge in [-0.1, -0.05) is 0 Å². The minimum Gasteiger partial charge on any atom is -0.377 e. The zero-order valence-corrected chi connectivity index (χ0v) is 17.9. The van der Waals surface area contributed by atoms with Gasteiger partial charge in [0.2, 0.25) is 0 Å². The van der Waals surface area contributed by atoms with Crippen molar-refractivity contribution in [3.63, 3.8) is 0 Å². The van der Waals surface area contributed by atoms with Gasteiger partial charge in [-0.2, -0.15) is 0 Å². The van der Waals surface area contributed by atoms with E-state index in [2.05, 4.69) is 20.6 Å². The Hall–Kier alpha value is -1.39. The van der Waals surface area contributed by atoms with Crippen LogP contribution < -0.4 is 10.6 Å². The van der Waals surface area contributed by atoms with Crippen molar-refractivity contribution in [2.24, 2.45) is 4.99 Å². The van der Waals surface area contributed by atoms with Crippen molar-refractivity contribution < 1.29 is 13.9 Å². The van der Waals surface area contributed by atoms with Crippen LogP contribution in [0.1, 0.15) is 18.4 Å². The average Bonchev–Trinajstić information content (AvgIpc) is 3.30. The van der Waals surface area contributed by atoms with E-state index in [0.717, 1.165) is 48.3 Å². The van der Waals surface area contributed by atoms with Crippen LogP contribution in [0.2, 0.25) is 0 Å². The molecule has 1 aromatic heterocycles. The number of guanidine groups is 1. The maximum atomic E-state index is 13.4. The highest BCUT2D eigenvalue weighted by Gasteiger charge is 2.14. The molecule has 6 nitrogen and oxygen atoms in total. The van der Waals surface area contributed by atoms with Gasteiger partial charge < -0.3 is 25.1 Å². The third-order valence-electron chi connectivity index (χ3n) is 4.51. The summed E-state index contributed by atoms with van der Waals surface area (Å²) in [5.41, 5.74) is 2.04. The van der Waals surface area contributed by atoms with Crippen molar-refractivity contribution in [2.75, 3.05) is 40.0 Å². The summed E-state index contributed by atoms with van der Waals surface area (Å²) in [7, 11) is 1.74. The van der Waals surface area contributed by atoms with Gasteiger partial charge in [-0.15, -0.1) is 24.0 Å². The number of rotatable bonds is 8. The van der Waals surface area contributed by atoms with Crippen molar-refractivity contribution in [1.82, 2.24) is 15.6 Å². The number of hydrogen-bond acceptors (Lipinski definition) is 3. The molecule has 2 heterocycles. The number of halogens is 2. The van der Waals surface area contributed by atoms with E-state index in [0.29, 0.717) is 26.3 Å². The molecule has 150 valence electrons. The standard InChI is InChI=1S/C19H27FN4O2.HI/c1-21-19(23-8-10-25-13-16-3-2-9-26-16)22-7-6-14-12-24-18-5-4-15(20)11-17(14)18;/h4-5,11-12,16,24H,2-3,6-10,13H2,1H3,(H2,21,22,23);1H. The van der Waals surface area contributed by atoms with E-state index < -0.39 is 0 Å². The number of aliphatic imine (C=N–C) groups is 1. The van der Waals surface area contributed by atoms with Crippen molar-refractivity contribution in [2.45, 2.75) is 25.4 Å². The molecule has 1 atom stereocenters. The summed E-state index contributed by atoms with van der Waals surface area (Å²) in [4.78, 5) is 7.38. The molecule has 3 N–H and O–H groups in total. The van der Waals surface area contributed by atoms with E-state index >= 15 is 0 Å². The van der Waals surface area contributed by atoms with Crippen LogP contribution in [0.15, 0.2) is 29.4 Å². The van der Waals surface area contributed by atoms with Gasteiger partial charge in [-0.3, -0.25) is 4.99 Å². The molecular weight excluding hydrogens is 462 g/mol. The largest absolute Gasteiger partial charge is 0.377 e. The molecule has 1 aliphatic rings. The molecule has 1 unspecified atom stereocenters. The fourth-order valence-electron chi connectivity index (χ4n) is 3.13. The number of nitrogens with one attached hydrogen (secondary N) is 3. The Balaban J connectivity index is 0.00000261. The average molecular weight is 490 g/mol. The second kappa shape index (κ2) is 11.5. The van der Waals surface area contributed by atoms with Gasteiger partial charge in [0.1, 0.15) is 5.82 Å². The number of benzene rings is 1. The zero-order chi connectivity index (χ0) is 18.2. The van der Waals surface area contributed by atoms with E-state index in [-0.39, 0.29) is 35.9 Å². The van der Waals surface area contributed by atoms with Crippen molar-refractivity contribution in [3.05, 3.63) is 35.8 Å². The Labute approximate surface area is 176 Å². The number of ether oxygens (including phenoxy) is 2. The van der Waals surface area contributed by atoms with E-state index in [1.54, 1.807) is 19.2 Å². The second-order valence-corrected chi connectivity index (χ2v) is 6.39. The molecule has 0 spiro atoms. The van der Waals surface area contributed by atoms with Crippen LogP contribution in [-0.4, -0.2) is 57.0 Å². The second-order valence-electron chi connectivity index (χ2n) is 6.39. The highest BCUT2D eigenvalue weighted by Crippen LogP contribution is 2.19. The van der Waals surface area contributed by atoms with Gasteiger partial charge in [0, 0.05) is 43.8 Å². The lowest BCUT2D eigenvalue weighted by atomic mass is 10.1. The van der Waals surface area contributed by atoms with Crippen LogP contribution in [0, 0.1) is 5.82 Å². The summed E-state index contributed by atoms with van der Waals surface area (Å²) in [6.07, 6.45) is 5.19. The highest BCUT2D eigenvalue weighted by atomic mass is 127. The summed E-state index contributed by atoms with van der Waals surface area (Å²) in [6.45, 7) is 3.52. The number of aromatic amines is 1. The first-order valence-corrected chi connectivity index (χ1v) is 9.15. The predicted molar refractivity (Wildman–Crippen MR) is 117 cm³/mol. The van der Waals surface area contributed by atoms with Crippen LogP contribution >= 0.6 is 24.0 Å². The lowest BCUT2D eigenvalue weighted by Gasteiger charge is -2.13. The van der Waals surface area contributed by atoms with Gasteiger partial charge in [0.05, 0.1) is 19.3 Å². The normalized spacial score (nSPS) is 17.1. The topological polar surface area (TPSA) is 70.7 Å². The van der Waals surface area contributed by atoms with Gasteiger partial charge >= 0.3 is 0 Å². The lowest BCUT2D eigenvalue weighted by molar-refractivity contribution is 0.0191. The highest BCUT2D eigenvalue weighted by molar-refractivity contribution is 14.0. The molecule has 0 bridgehead atoms. The van der Waals surface area contributed by atoms with Gasteiger partial charge in [0.15, 0.2) is 5.96 Å². The Morgan fingerprint density at radius 1 is 1.37 bits per heavy atom. The molecule has 8 heteroatoms. The SMILES string of the molecule is CN=C(NCCOCC1CCCO1)NCCc1c[nH]c2ccc(F)cc12.I. The molecule has 0 radical (unpaired) electrons. The summed E-state index contributed by atoms with van der Waals surface area (Å²) in [5, 5.41) is 7.42. The first-order chi connectivity index (χ1) is 12.8. The third-order valence-corrected chi connectivity index (χ3v) is 4.51. The summed E-state index contributed by atoms with van der Waals surface area (Å²) in [5.74, 6) is 0.517. The number of aromatic nitrogens is 1. The molecule has 27 heavy (non-hydrogen) atoms. The summed E-state index contributed by atoms with van der Waals surface area (Å²) in [6, 6.07) is 4.80. The summed E-state index contributed by atoms with van der Waals surface area (Å²) >= 11 is 0. The molecule has 0 saturated carbocycles. The van der Waals surface area contributed by atoms with E-state index in [1.807, 2.05) is 6.20 Å². The summed E-state index contributed by atoms with van der Waals surface area (Å²) < 4.78 is 24.6. The lowest BCUT2D eigenvalue weighted by Crippen LogP contribution is -2.40. The fraction of sp³-hybridized carbons (Fsp3) is 0.526. The Morgan fingerprint density at radius 2 is 2.22 bits per heavy atom. The Kier molecular flexibility index (Phi) is 9.29. The van der Waals surface area contributed by atoms with E-state index in [1.165, 1.54) is 6.07 Å². The molecule has 1 aromatic carbocycles. The zero-order valence-electron chi connectivity index (χ0n) is 15.6. The van der Waals surface area contributed by atoms with Crippen LogP contribution in [-0.2, 0) is 15.9 Å². The Morgan fingerprint density at radius 3 is 3.00 bits per heavy atom. The molecule has 3 rings (SSSR count). The number of hydrogen-bond donors (Lipinski definition) is 3. The monoisotopic (exact) mass is 490 g/mol. The maximum Gasteiger partial charge on any atom is 0.191 e. The number of H-pyrrole nitrogens is 1. The first kappa shape index (κ1) is 21.9. The Bertz CT molecular complexity index is 732. The third kappa shape index (κ3) is 6.62. The quantitative estimate of drug-likeness (QED) is 0.231. The molecule has 0 aliphatic carbocycles. The molecule has 1 aliphatic heterocycles. The molecule has 2 aromatic rings. The number of nitrogens with zero attached hydrogens (tertiary/aromatic N) is 1. The van der Waals surface area contributed by atoms with E-state index in [9.17, 15) is 4.39 Å². The minimum atomic E-state index is -0.216. The number of fused-ring (bicyclic) bond motifs is 1. The van der Waals surface area contributed by atoms with Gasteiger partial charge in [-0.25, -0.2) is 4.39 Å². The van der Waals surface area contributed by atoms with Gasteiger partial charge in [-0.05, 0) is 43.0 Å². The van der Waals surface area contributed by atoms with Crippen LogP contribution in [0.3, 0.4) is 0 Å². The molecule has 0 amide bonds. The predicted octanol–water partition coefficient (Wildman–Crippen LogP) is 2.83. The maximum absolute atomic E-state index is 13.4. The van der Waals surface area contributed by atoms with Crippen LogP contribution in [0.5, 0.6) is 0 Å². The fourth-order valence-corrected chi connectivity index (χ4v) is 3.13. The van der Waals surface area contributed by atoms with Crippen LogP contribution in [0.4, 0.5) is 4.39 Å². The van der Waals surface area contributed by atoms with Crippen molar-refractivity contribution in [1.29, 1.82) is 0 Å². The van der Waals surface area contributed by atoms with Gasteiger partial charge in [0.25, 0.3) is 0 Å². The van der Waals surface area contributed by atoms with Crippen molar-refractivity contribution >= 4 is 40.8 Å². The molecule has 1 saturated heterocycles. The first-order valence-electron chi connectivity index (χ1n) is 9.15.